The Morgan fingerprint density at radius 2 is 1.01 bits per heavy atom. The highest BCUT2D eigenvalue weighted by Gasteiger charge is 2.32. The second-order valence-electron chi connectivity index (χ2n) is 17.4. The van der Waals surface area contributed by atoms with Gasteiger partial charge in [-0.1, -0.05) is 12.8 Å². The van der Waals surface area contributed by atoms with Crippen LogP contribution in [0, 0.1) is 11.8 Å². The number of rotatable bonds is 14. The second-order valence-corrected chi connectivity index (χ2v) is 17.4. The van der Waals surface area contributed by atoms with E-state index in [1.807, 2.05) is 48.5 Å². The summed E-state index contributed by atoms with van der Waals surface area (Å²) in [5, 5.41) is 5.58. The standard InChI is InChI=1S/2C25H26N4O5/c2*1-33-18-6-7-19-21(12-18)28(25(32)13-26-19)9-3-2-4-16-10-24(31)29(14-16)17-5-8-22-20(11-17)27-23(30)15-34-22/h2*5-8,11-13,16H,2-4,9-10,14-15H2,1H3,(H,27,30)/t2*16-/m11/s1. The van der Waals surface area contributed by atoms with Crippen LogP contribution in [0.3, 0.4) is 0 Å². The molecule has 68 heavy (non-hydrogen) atoms. The van der Waals surface area contributed by atoms with Crippen LogP contribution in [0.15, 0.2) is 94.8 Å². The fourth-order valence-corrected chi connectivity index (χ4v) is 9.33. The van der Waals surface area contributed by atoms with Crippen LogP contribution >= 0.6 is 0 Å². The van der Waals surface area contributed by atoms with Crippen molar-refractivity contribution in [3.63, 3.8) is 0 Å². The summed E-state index contributed by atoms with van der Waals surface area (Å²) in [6, 6.07) is 21.9. The van der Waals surface area contributed by atoms with Crippen molar-refractivity contribution < 1.29 is 38.1 Å². The fraction of sp³-hybridized carbons (Fsp3) is 0.360. The molecule has 4 aliphatic rings. The van der Waals surface area contributed by atoms with Crippen LogP contribution < -0.4 is 50.5 Å². The topological polar surface area (TPSA) is 206 Å². The number of nitrogens with zero attached hydrogens (tertiary/aromatic N) is 6. The van der Waals surface area contributed by atoms with Crippen LogP contribution in [0.25, 0.3) is 22.1 Å². The summed E-state index contributed by atoms with van der Waals surface area (Å²) in [6.45, 7) is 2.46. The van der Waals surface area contributed by atoms with Gasteiger partial charge in [0.1, 0.15) is 23.0 Å². The molecule has 6 aromatic rings. The first kappa shape index (κ1) is 45.4. The van der Waals surface area contributed by atoms with E-state index in [9.17, 15) is 28.8 Å². The molecule has 2 saturated heterocycles. The summed E-state index contributed by atoms with van der Waals surface area (Å²) in [4.78, 5) is 85.4. The van der Waals surface area contributed by atoms with Gasteiger partial charge < -0.3 is 48.5 Å². The first-order valence-electron chi connectivity index (χ1n) is 22.8. The van der Waals surface area contributed by atoms with Gasteiger partial charge in [-0.05, 0) is 98.2 Å². The third-order valence-corrected chi connectivity index (χ3v) is 12.8. The molecule has 0 saturated carbocycles. The van der Waals surface area contributed by atoms with E-state index < -0.39 is 0 Å². The predicted molar refractivity (Wildman–Crippen MR) is 255 cm³/mol. The third kappa shape index (κ3) is 9.99. The number of amides is 4. The fourth-order valence-electron chi connectivity index (χ4n) is 9.33. The van der Waals surface area contributed by atoms with E-state index in [2.05, 4.69) is 20.6 Å². The van der Waals surface area contributed by atoms with Gasteiger partial charge in [0.2, 0.25) is 11.8 Å². The van der Waals surface area contributed by atoms with Gasteiger partial charge in [-0.15, -0.1) is 0 Å². The first-order valence-corrected chi connectivity index (χ1v) is 22.8. The zero-order chi connectivity index (χ0) is 47.3. The molecule has 352 valence electrons. The van der Waals surface area contributed by atoms with Gasteiger partial charge in [-0.3, -0.25) is 28.8 Å². The Balaban J connectivity index is 0.000000170. The lowest BCUT2D eigenvalue weighted by atomic mass is 10.0. The zero-order valence-electron chi connectivity index (χ0n) is 37.9. The number of aryl methyl sites for hydroxylation is 2. The van der Waals surface area contributed by atoms with E-state index >= 15 is 0 Å². The van der Waals surface area contributed by atoms with Gasteiger partial charge in [-0.2, -0.15) is 0 Å². The Morgan fingerprint density at radius 3 is 1.44 bits per heavy atom. The van der Waals surface area contributed by atoms with Crippen molar-refractivity contribution in [2.24, 2.45) is 11.8 Å². The van der Waals surface area contributed by atoms with E-state index in [0.29, 0.717) is 73.4 Å². The summed E-state index contributed by atoms with van der Waals surface area (Å²) in [6.07, 6.45) is 8.95. The Kier molecular flexibility index (Phi) is 13.4. The van der Waals surface area contributed by atoms with Crippen molar-refractivity contribution in [1.82, 2.24) is 19.1 Å². The summed E-state index contributed by atoms with van der Waals surface area (Å²) < 4.78 is 24.9. The number of nitrogens with one attached hydrogen (secondary N) is 2. The molecule has 6 heterocycles. The SMILES string of the molecule is COc1ccc2ncc(=O)n(CCCC[C@@H]3CC(=O)N(c4ccc5c(c4)NC(=O)CO5)C3)c2c1.COc1ccc2ncc(=O)n(CCCC[C@@H]3CC(=O)N(c4ccc5c(c4)NC(=O)CO5)C3)c2c1. The second kappa shape index (κ2) is 20.0. The van der Waals surface area contributed by atoms with Gasteiger partial charge in [0.25, 0.3) is 22.9 Å². The molecule has 0 radical (unpaired) electrons. The number of fused-ring (bicyclic) bond motifs is 4. The smallest absolute Gasteiger partial charge is 0.269 e. The van der Waals surface area contributed by atoms with E-state index in [0.717, 1.165) is 72.0 Å². The third-order valence-electron chi connectivity index (χ3n) is 12.8. The molecule has 2 N–H and O–H groups in total. The first-order chi connectivity index (χ1) is 33.0. The highest BCUT2D eigenvalue weighted by Crippen LogP contribution is 2.37. The van der Waals surface area contributed by atoms with Crippen LogP contribution in [-0.2, 0) is 32.3 Å². The number of hydrogen-bond donors (Lipinski definition) is 2. The monoisotopic (exact) mass is 924 g/mol. The number of anilines is 4. The number of carbonyl (C=O) groups excluding carboxylic acids is 4. The quantitative estimate of drug-likeness (QED) is 0.122. The van der Waals surface area contributed by atoms with E-state index in [1.54, 1.807) is 57.4 Å². The zero-order valence-corrected chi connectivity index (χ0v) is 37.9. The van der Waals surface area contributed by atoms with Crippen LogP contribution in [0.1, 0.15) is 51.4 Å². The molecule has 2 fully saturated rings. The number of aromatic nitrogens is 4. The highest BCUT2D eigenvalue weighted by molar-refractivity contribution is 6.00. The van der Waals surface area contributed by atoms with Crippen molar-refractivity contribution in [3.05, 3.63) is 106 Å². The number of benzene rings is 4. The molecule has 4 aromatic carbocycles. The van der Waals surface area contributed by atoms with Crippen molar-refractivity contribution in [2.45, 2.75) is 64.5 Å². The van der Waals surface area contributed by atoms with E-state index in [4.69, 9.17) is 18.9 Å². The Labute approximate surface area is 390 Å². The van der Waals surface area contributed by atoms with Gasteiger partial charge in [0.05, 0.1) is 60.1 Å². The average Bonchev–Trinajstić information content (AvgIpc) is 3.92. The minimum absolute atomic E-state index is 0.00597. The number of unbranched alkanes of at least 4 members (excludes halogenated alkanes) is 2. The molecule has 4 amide bonds. The molecule has 0 aliphatic carbocycles. The molecule has 18 heteroatoms. The minimum Gasteiger partial charge on any atom is -0.497 e. The molecule has 2 atom stereocenters. The predicted octanol–water partition coefficient (Wildman–Crippen LogP) is 5.92. The lowest BCUT2D eigenvalue weighted by molar-refractivity contribution is -0.119. The maximum absolute atomic E-state index is 12.7. The maximum Gasteiger partial charge on any atom is 0.269 e. The summed E-state index contributed by atoms with van der Waals surface area (Å²) in [7, 11) is 3.19. The largest absolute Gasteiger partial charge is 0.497 e. The van der Waals surface area contributed by atoms with Gasteiger partial charge in [0.15, 0.2) is 13.2 Å². The van der Waals surface area contributed by atoms with Gasteiger partial charge in [-0.25, -0.2) is 9.97 Å². The molecule has 0 spiro atoms. The van der Waals surface area contributed by atoms with Crippen LogP contribution in [-0.4, -0.2) is 83.3 Å². The minimum atomic E-state index is -0.199. The van der Waals surface area contributed by atoms with Crippen LogP contribution in [0.5, 0.6) is 23.0 Å². The van der Waals surface area contributed by atoms with Gasteiger partial charge in [0, 0.05) is 62.5 Å². The number of methoxy groups -OCH3 is 2. The molecule has 18 nitrogen and oxygen atoms in total. The van der Waals surface area contributed by atoms with Crippen molar-refractivity contribution in [2.75, 3.05) is 61.0 Å². The average molecular weight is 925 g/mol. The lowest BCUT2D eigenvalue weighted by Gasteiger charge is -2.22. The van der Waals surface area contributed by atoms with Gasteiger partial charge >= 0.3 is 0 Å². The number of ether oxygens (including phenoxy) is 4. The summed E-state index contributed by atoms with van der Waals surface area (Å²) in [5.74, 6) is 2.86. The molecular formula is C50H52N8O10. The number of carbonyl (C=O) groups is 4. The van der Waals surface area contributed by atoms with Crippen LogP contribution in [0.4, 0.5) is 22.7 Å². The van der Waals surface area contributed by atoms with Crippen molar-refractivity contribution in [3.8, 4) is 23.0 Å². The Hall–Kier alpha value is -7.76. The summed E-state index contributed by atoms with van der Waals surface area (Å²) in [5.41, 5.74) is 5.48. The normalized spacial score (nSPS) is 17.4. The van der Waals surface area contributed by atoms with Crippen molar-refractivity contribution in [1.29, 1.82) is 0 Å². The summed E-state index contributed by atoms with van der Waals surface area (Å²) >= 11 is 0. The highest BCUT2D eigenvalue weighted by atomic mass is 16.5. The molecule has 0 bridgehead atoms. The number of hydrogen-bond acceptors (Lipinski definition) is 12. The maximum atomic E-state index is 12.7. The van der Waals surface area contributed by atoms with E-state index in [-0.39, 0.29) is 59.8 Å². The molecule has 4 aliphatic heterocycles. The molecular weight excluding hydrogens is 873 g/mol. The van der Waals surface area contributed by atoms with Crippen molar-refractivity contribution >= 4 is 68.4 Å². The molecule has 10 rings (SSSR count). The lowest BCUT2D eigenvalue weighted by Crippen LogP contribution is -2.27. The van der Waals surface area contributed by atoms with E-state index in [1.165, 1.54) is 12.4 Å². The molecule has 0 unspecified atom stereocenters. The Morgan fingerprint density at radius 1 is 0.574 bits per heavy atom. The Bertz CT molecular complexity index is 2840. The molecule has 2 aromatic heterocycles. The van der Waals surface area contributed by atoms with Crippen LogP contribution in [0.2, 0.25) is 0 Å².